The van der Waals surface area contributed by atoms with Crippen molar-refractivity contribution in [2.75, 3.05) is 19.8 Å². The second-order valence-corrected chi connectivity index (χ2v) is 6.91. The van der Waals surface area contributed by atoms with Crippen LogP contribution < -0.4 is 0 Å². The number of piperidine rings is 1. The number of likely N-dealkylation sites (tertiary alicyclic amines) is 1. The van der Waals surface area contributed by atoms with Gasteiger partial charge in [-0.1, -0.05) is 12.1 Å². The Kier molecular flexibility index (Phi) is 5.16. The lowest BCUT2D eigenvalue weighted by Crippen LogP contribution is -2.50. The number of carbonyl (C=O) groups is 1. The minimum absolute atomic E-state index is 0.0947. The maximum Gasteiger partial charge on any atom is 0.416 e. The van der Waals surface area contributed by atoms with Crippen LogP contribution in [0.3, 0.4) is 0 Å². The highest BCUT2D eigenvalue weighted by molar-refractivity contribution is 5.92. The van der Waals surface area contributed by atoms with Crippen LogP contribution in [-0.4, -0.2) is 42.9 Å². The van der Waals surface area contributed by atoms with Crippen LogP contribution in [0.15, 0.2) is 40.8 Å². The number of hydrogen-bond acceptors (Lipinski definition) is 4. The zero-order valence-electron chi connectivity index (χ0n) is 15.1. The Morgan fingerprint density at radius 2 is 1.86 bits per heavy atom. The zero-order valence-corrected chi connectivity index (χ0v) is 15.1. The summed E-state index contributed by atoms with van der Waals surface area (Å²) >= 11 is 0. The van der Waals surface area contributed by atoms with E-state index in [2.05, 4.69) is 0 Å². The molecule has 3 heterocycles. The van der Waals surface area contributed by atoms with Crippen molar-refractivity contribution in [3.8, 4) is 11.3 Å². The second kappa shape index (κ2) is 7.60. The maximum absolute atomic E-state index is 13.0. The van der Waals surface area contributed by atoms with E-state index in [-0.39, 0.29) is 29.0 Å². The van der Waals surface area contributed by atoms with Gasteiger partial charge in [0, 0.05) is 12.1 Å². The van der Waals surface area contributed by atoms with Gasteiger partial charge in [-0.25, -0.2) is 0 Å². The number of halogens is 3. The zero-order chi connectivity index (χ0) is 19.7. The predicted octanol–water partition coefficient (Wildman–Crippen LogP) is 4.33. The van der Waals surface area contributed by atoms with Crippen LogP contribution in [0.1, 0.15) is 35.4 Å². The summed E-state index contributed by atoms with van der Waals surface area (Å²) in [6.07, 6.45) is -2.26. The average molecular weight is 395 g/mol. The number of alkyl halides is 3. The minimum Gasteiger partial charge on any atom is -0.451 e. The molecule has 2 saturated heterocycles. The van der Waals surface area contributed by atoms with Crippen LogP contribution in [0.4, 0.5) is 13.2 Å². The topological polar surface area (TPSA) is 51.9 Å². The van der Waals surface area contributed by atoms with E-state index in [1.165, 1.54) is 24.3 Å². The first-order valence-electron chi connectivity index (χ1n) is 9.25. The van der Waals surface area contributed by atoms with Crippen LogP contribution in [0.5, 0.6) is 0 Å². The summed E-state index contributed by atoms with van der Waals surface area (Å²) in [5.41, 5.74) is -0.493. The van der Waals surface area contributed by atoms with E-state index in [0.717, 1.165) is 31.4 Å². The molecule has 0 bridgehead atoms. The molecular formula is C20H20F3NO4. The van der Waals surface area contributed by atoms with E-state index in [1.54, 1.807) is 4.90 Å². The summed E-state index contributed by atoms with van der Waals surface area (Å²) in [6.45, 7) is 1.57. The van der Waals surface area contributed by atoms with Crippen molar-refractivity contribution in [2.24, 2.45) is 0 Å². The third-order valence-electron chi connectivity index (χ3n) is 5.06. The fraction of sp³-hybridized carbons (Fsp3) is 0.450. The lowest BCUT2D eigenvalue weighted by Gasteiger charge is -2.37. The molecule has 1 amide bonds. The van der Waals surface area contributed by atoms with Gasteiger partial charge < -0.3 is 18.8 Å². The van der Waals surface area contributed by atoms with Gasteiger partial charge in [0.1, 0.15) is 5.76 Å². The van der Waals surface area contributed by atoms with Gasteiger partial charge in [-0.05, 0) is 43.5 Å². The highest BCUT2D eigenvalue weighted by Crippen LogP contribution is 2.33. The van der Waals surface area contributed by atoms with Gasteiger partial charge in [0.25, 0.3) is 5.91 Å². The smallest absolute Gasteiger partial charge is 0.416 e. The van der Waals surface area contributed by atoms with Gasteiger partial charge in [-0.3, -0.25) is 4.79 Å². The van der Waals surface area contributed by atoms with Crippen LogP contribution in [0.2, 0.25) is 0 Å². The summed E-state index contributed by atoms with van der Waals surface area (Å²) in [5, 5.41) is 0. The molecule has 1 unspecified atom stereocenters. The van der Waals surface area contributed by atoms with Gasteiger partial charge >= 0.3 is 6.18 Å². The Labute approximate surface area is 160 Å². The van der Waals surface area contributed by atoms with Gasteiger partial charge in [-0.15, -0.1) is 0 Å². The molecular weight excluding hydrogens is 375 g/mol. The summed E-state index contributed by atoms with van der Waals surface area (Å²) in [4.78, 5) is 14.7. The van der Waals surface area contributed by atoms with E-state index in [4.69, 9.17) is 13.9 Å². The molecule has 0 radical (unpaired) electrons. The molecule has 2 aliphatic heterocycles. The summed E-state index contributed by atoms with van der Waals surface area (Å²) in [6, 6.07) is 7.68. The number of furan rings is 1. The Balaban J connectivity index is 1.56. The summed E-state index contributed by atoms with van der Waals surface area (Å²) < 4.78 is 55.6. The molecule has 5 nitrogen and oxygen atoms in total. The highest BCUT2D eigenvalue weighted by Gasteiger charge is 2.37. The average Bonchev–Trinajstić information content (AvgIpc) is 3.39. The van der Waals surface area contributed by atoms with Crippen molar-refractivity contribution in [1.82, 2.24) is 4.90 Å². The lowest BCUT2D eigenvalue weighted by molar-refractivity contribution is -0.137. The molecule has 1 aromatic carbocycles. The SMILES string of the molecule is O=C(c1ccc(-c2cccc(C(F)(F)F)c2)o1)N1CCCCC1C1OCCO1. The van der Waals surface area contributed by atoms with Crippen LogP contribution in [0.25, 0.3) is 11.3 Å². The number of rotatable bonds is 3. The summed E-state index contributed by atoms with van der Waals surface area (Å²) in [5.74, 6) is 0.00992. The monoisotopic (exact) mass is 395 g/mol. The van der Waals surface area contributed by atoms with Crippen LogP contribution in [0, 0.1) is 0 Å². The van der Waals surface area contributed by atoms with E-state index >= 15 is 0 Å². The Morgan fingerprint density at radius 1 is 1.07 bits per heavy atom. The molecule has 28 heavy (non-hydrogen) atoms. The molecule has 8 heteroatoms. The van der Waals surface area contributed by atoms with Gasteiger partial charge in [-0.2, -0.15) is 13.2 Å². The lowest BCUT2D eigenvalue weighted by atomic mass is 10.0. The molecule has 0 spiro atoms. The first-order valence-corrected chi connectivity index (χ1v) is 9.25. The maximum atomic E-state index is 13.0. The number of benzene rings is 1. The highest BCUT2D eigenvalue weighted by atomic mass is 19.4. The third kappa shape index (κ3) is 3.79. The number of amides is 1. The molecule has 0 aliphatic carbocycles. The first kappa shape index (κ1) is 19.0. The van der Waals surface area contributed by atoms with E-state index in [1.807, 2.05) is 0 Å². The Morgan fingerprint density at radius 3 is 2.61 bits per heavy atom. The molecule has 1 aromatic heterocycles. The molecule has 0 saturated carbocycles. The third-order valence-corrected chi connectivity index (χ3v) is 5.06. The fourth-order valence-corrected chi connectivity index (χ4v) is 3.69. The van der Waals surface area contributed by atoms with Crippen molar-refractivity contribution in [3.63, 3.8) is 0 Å². The standard InChI is InChI=1S/C20H20F3NO4/c21-20(22,23)14-5-3-4-13(12-14)16-7-8-17(28-16)18(25)24-9-2-1-6-15(24)19-26-10-11-27-19/h3-5,7-8,12,15,19H,1-2,6,9-11H2. The van der Waals surface area contributed by atoms with Crippen molar-refractivity contribution < 1.29 is 31.9 Å². The van der Waals surface area contributed by atoms with Crippen molar-refractivity contribution >= 4 is 5.91 Å². The van der Waals surface area contributed by atoms with E-state index < -0.39 is 18.0 Å². The van der Waals surface area contributed by atoms with E-state index in [9.17, 15) is 18.0 Å². The number of carbonyl (C=O) groups excluding carboxylic acids is 1. The predicted molar refractivity (Wildman–Crippen MR) is 93.5 cm³/mol. The molecule has 4 rings (SSSR count). The van der Waals surface area contributed by atoms with Crippen molar-refractivity contribution in [1.29, 1.82) is 0 Å². The minimum atomic E-state index is -4.44. The molecule has 2 aliphatic rings. The van der Waals surface area contributed by atoms with Gasteiger partial charge in [0.05, 0.1) is 24.8 Å². The van der Waals surface area contributed by atoms with Gasteiger partial charge in [0.15, 0.2) is 12.1 Å². The molecule has 150 valence electrons. The normalized spacial score (nSPS) is 21.2. The number of ether oxygens (including phenoxy) is 2. The quantitative estimate of drug-likeness (QED) is 0.776. The first-order chi connectivity index (χ1) is 13.4. The summed E-state index contributed by atoms with van der Waals surface area (Å²) in [7, 11) is 0. The Hall–Kier alpha value is -2.32. The second-order valence-electron chi connectivity index (χ2n) is 6.91. The largest absolute Gasteiger partial charge is 0.451 e. The van der Waals surface area contributed by atoms with Crippen molar-refractivity contribution in [2.45, 2.75) is 37.8 Å². The van der Waals surface area contributed by atoms with Crippen LogP contribution in [-0.2, 0) is 15.7 Å². The van der Waals surface area contributed by atoms with Crippen LogP contribution >= 0.6 is 0 Å². The van der Waals surface area contributed by atoms with Gasteiger partial charge in [0.2, 0.25) is 0 Å². The van der Waals surface area contributed by atoms with Crippen molar-refractivity contribution in [3.05, 3.63) is 47.7 Å². The molecule has 2 aromatic rings. The Bertz CT molecular complexity index is 842. The molecule has 2 fully saturated rings. The molecule has 0 N–H and O–H groups in total. The number of hydrogen-bond donors (Lipinski definition) is 0. The number of nitrogens with zero attached hydrogens (tertiary/aromatic N) is 1. The molecule has 1 atom stereocenters. The fourth-order valence-electron chi connectivity index (χ4n) is 3.69. The van der Waals surface area contributed by atoms with E-state index in [0.29, 0.717) is 19.8 Å².